The molecule has 6 heteroatoms. The molecule has 0 atom stereocenters. The van der Waals surface area contributed by atoms with Gasteiger partial charge in [-0.25, -0.2) is 0 Å². The molecule has 26 heavy (non-hydrogen) atoms. The molecule has 0 aromatic heterocycles. The van der Waals surface area contributed by atoms with E-state index in [4.69, 9.17) is 18.9 Å². The molecular formula is C20H20O6. The van der Waals surface area contributed by atoms with Crippen molar-refractivity contribution in [1.29, 1.82) is 0 Å². The first-order chi connectivity index (χ1) is 12.7. The van der Waals surface area contributed by atoms with Crippen LogP contribution in [0, 0.1) is 0 Å². The summed E-state index contributed by atoms with van der Waals surface area (Å²) in [5.41, 5.74) is 0.849. The zero-order valence-corrected chi connectivity index (χ0v) is 14.7. The van der Waals surface area contributed by atoms with Gasteiger partial charge in [0.2, 0.25) is 5.75 Å². The van der Waals surface area contributed by atoms with E-state index in [-0.39, 0.29) is 35.7 Å². The monoisotopic (exact) mass is 356 g/mol. The second-order valence-corrected chi connectivity index (χ2v) is 5.72. The van der Waals surface area contributed by atoms with Crippen molar-refractivity contribution in [3.63, 3.8) is 0 Å². The summed E-state index contributed by atoms with van der Waals surface area (Å²) >= 11 is 0. The molecule has 1 aliphatic rings. The summed E-state index contributed by atoms with van der Waals surface area (Å²) in [6, 6.07) is 10.5. The quantitative estimate of drug-likeness (QED) is 0.709. The van der Waals surface area contributed by atoms with Crippen LogP contribution in [0.2, 0.25) is 0 Å². The van der Waals surface area contributed by atoms with E-state index in [1.54, 1.807) is 30.3 Å². The van der Waals surface area contributed by atoms with E-state index >= 15 is 0 Å². The second kappa shape index (κ2) is 7.91. The molecule has 1 heterocycles. The minimum Gasteiger partial charge on any atom is -0.496 e. The van der Waals surface area contributed by atoms with Gasteiger partial charge in [-0.05, 0) is 0 Å². The SMILES string of the molecule is COc1cc2c(c(OC)c1C(=O)CCC(=O)c1ccccc1)OCCO2. The fourth-order valence-corrected chi connectivity index (χ4v) is 2.87. The number of rotatable bonds is 7. The van der Waals surface area contributed by atoms with Crippen molar-refractivity contribution in [1.82, 2.24) is 0 Å². The van der Waals surface area contributed by atoms with E-state index in [2.05, 4.69) is 0 Å². The fraction of sp³-hybridized carbons (Fsp3) is 0.300. The van der Waals surface area contributed by atoms with E-state index < -0.39 is 0 Å². The van der Waals surface area contributed by atoms with Gasteiger partial charge in [-0.1, -0.05) is 30.3 Å². The molecule has 0 spiro atoms. The number of fused-ring (bicyclic) bond motifs is 1. The Bertz CT molecular complexity index is 813. The predicted octanol–water partition coefficient (Wildman–Crippen LogP) is 3.32. The Balaban J connectivity index is 1.85. The lowest BCUT2D eigenvalue weighted by atomic mass is 9.99. The Hall–Kier alpha value is -3.02. The molecule has 0 saturated carbocycles. The smallest absolute Gasteiger partial charge is 0.204 e. The van der Waals surface area contributed by atoms with Crippen LogP contribution in [0.4, 0.5) is 0 Å². The Morgan fingerprint density at radius 1 is 0.962 bits per heavy atom. The van der Waals surface area contributed by atoms with E-state index in [0.717, 1.165) is 0 Å². The molecule has 0 bridgehead atoms. The number of Topliss-reactive ketones (excluding diaryl/α,β-unsaturated/α-hetero) is 2. The lowest BCUT2D eigenvalue weighted by molar-refractivity contribution is 0.0912. The summed E-state index contributed by atoms with van der Waals surface area (Å²) in [6.07, 6.45) is 0.143. The molecule has 0 radical (unpaired) electrons. The van der Waals surface area contributed by atoms with Gasteiger partial charge >= 0.3 is 0 Å². The van der Waals surface area contributed by atoms with Crippen LogP contribution in [-0.4, -0.2) is 39.0 Å². The molecule has 3 rings (SSSR count). The summed E-state index contributed by atoms with van der Waals surface area (Å²) in [7, 11) is 2.93. The molecule has 2 aromatic carbocycles. The molecule has 0 unspecified atom stereocenters. The predicted molar refractivity (Wildman–Crippen MR) is 94.9 cm³/mol. The van der Waals surface area contributed by atoms with Gasteiger partial charge in [0.25, 0.3) is 0 Å². The van der Waals surface area contributed by atoms with Crippen LogP contribution in [0.25, 0.3) is 0 Å². The molecule has 1 aliphatic heterocycles. The number of ketones is 2. The normalized spacial score (nSPS) is 12.4. The van der Waals surface area contributed by atoms with Gasteiger partial charge in [-0.15, -0.1) is 0 Å². The van der Waals surface area contributed by atoms with E-state index in [1.807, 2.05) is 6.07 Å². The van der Waals surface area contributed by atoms with Crippen molar-refractivity contribution in [3.8, 4) is 23.0 Å². The summed E-state index contributed by atoms with van der Waals surface area (Å²) in [5, 5.41) is 0. The molecule has 6 nitrogen and oxygen atoms in total. The number of benzene rings is 2. The largest absolute Gasteiger partial charge is 0.496 e. The summed E-state index contributed by atoms with van der Waals surface area (Å²) in [5.74, 6) is 1.13. The Morgan fingerprint density at radius 2 is 1.65 bits per heavy atom. The topological polar surface area (TPSA) is 71.1 Å². The Kier molecular flexibility index (Phi) is 5.41. The second-order valence-electron chi connectivity index (χ2n) is 5.72. The lowest BCUT2D eigenvalue weighted by Gasteiger charge is -2.23. The maximum atomic E-state index is 12.8. The van der Waals surface area contributed by atoms with Crippen molar-refractivity contribution < 1.29 is 28.5 Å². The maximum absolute atomic E-state index is 12.8. The standard InChI is InChI=1S/C20H20O6/c1-23-16-12-17-19(26-11-10-25-17)20(24-2)18(16)15(22)9-8-14(21)13-6-4-3-5-7-13/h3-7,12H,8-11H2,1-2H3. The van der Waals surface area contributed by atoms with Gasteiger partial charge in [0.05, 0.1) is 14.2 Å². The maximum Gasteiger partial charge on any atom is 0.204 e. The van der Waals surface area contributed by atoms with E-state index in [9.17, 15) is 9.59 Å². The van der Waals surface area contributed by atoms with Gasteiger partial charge < -0.3 is 18.9 Å². The Labute approximate surface area is 151 Å². The molecule has 0 fully saturated rings. The highest BCUT2D eigenvalue weighted by Gasteiger charge is 2.28. The highest BCUT2D eigenvalue weighted by atomic mass is 16.6. The zero-order valence-electron chi connectivity index (χ0n) is 14.7. The van der Waals surface area contributed by atoms with E-state index in [1.165, 1.54) is 14.2 Å². The van der Waals surface area contributed by atoms with Crippen molar-refractivity contribution in [2.75, 3.05) is 27.4 Å². The minimum atomic E-state index is -0.250. The highest BCUT2D eigenvalue weighted by Crippen LogP contribution is 2.47. The van der Waals surface area contributed by atoms with Crippen molar-refractivity contribution >= 4 is 11.6 Å². The van der Waals surface area contributed by atoms with Gasteiger partial charge in [-0.2, -0.15) is 0 Å². The number of ether oxygens (including phenoxy) is 4. The van der Waals surface area contributed by atoms with Crippen molar-refractivity contribution in [2.45, 2.75) is 12.8 Å². The molecule has 0 amide bonds. The number of hydrogen-bond acceptors (Lipinski definition) is 6. The average Bonchev–Trinajstić information content (AvgIpc) is 2.70. The first kappa shape index (κ1) is 17.8. The fourth-order valence-electron chi connectivity index (χ4n) is 2.87. The van der Waals surface area contributed by atoms with Crippen LogP contribution in [0.5, 0.6) is 23.0 Å². The minimum absolute atomic E-state index is 0.0418. The third-order valence-corrected chi connectivity index (χ3v) is 4.13. The molecule has 0 aliphatic carbocycles. The first-order valence-corrected chi connectivity index (χ1v) is 8.31. The number of carbonyl (C=O) groups excluding carboxylic acids is 2. The summed E-state index contributed by atoms with van der Waals surface area (Å²) < 4.78 is 21.9. The zero-order chi connectivity index (χ0) is 18.5. The highest BCUT2D eigenvalue weighted by molar-refractivity contribution is 6.05. The van der Waals surface area contributed by atoms with Crippen LogP contribution in [0.15, 0.2) is 36.4 Å². The Morgan fingerprint density at radius 3 is 2.35 bits per heavy atom. The molecule has 0 N–H and O–H groups in total. The molecule has 136 valence electrons. The van der Waals surface area contributed by atoms with Gasteiger partial charge in [0.1, 0.15) is 24.5 Å². The van der Waals surface area contributed by atoms with Crippen LogP contribution in [0.1, 0.15) is 33.6 Å². The lowest BCUT2D eigenvalue weighted by Crippen LogP contribution is -2.18. The number of hydrogen-bond donors (Lipinski definition) is 0. The van der Waals surface area contributed by atoms with Gasteiger partial charge in [0, 0.05) is 24.5 Å². The third-order valence-electron chi connectivity index (χ3n) is 4.13. The first-order valence-electron chi connectivity index (χ1n) is 8.31. The molecule has 2 aromatic rings. The van der Waals surface area contributed by atoms with Crippen molar-refractivity contribution in [3.05, 3.63) is 47.5 Å². The third kappa shape index (κ3) is 3.49. The van der Waals surface area contributed by atoms with Gasteiger partial charge in [0.15, 0.2) is 23.1 Å². The summed E-state index contributed by atoms with van der Waals surface area (Å²) in [6.45, 7) is 0.786. The van der Waals surface area contributed by atoms with Crippen LogP contribution < -0.4 is 18.9 Å². The molecule has 0 saturated heterocycles. The number of carbonyl (C=O) groups is 2. The molecular weight excluding hydrogens is 336 g/mol. The van der Waals surface area contributed by atoms with E-state index in [0.29, 0.717) is 36.0 Å². The summed E-state index contributed by atoms with van der Waals surface area (Å²) in [4.78, 5) is 25.1. The average molecular weight is 356 g/mol. The van der Waals surface area contributed by atoms with Crippen LogP contribution in [-0.2, 0) is 0 Å². The van der Waals surface area contributed by atoms with Crippen LogP contribution in [0.3, 0.4) is 0 Å². The van der Waals surface area contributed by atoms with Crippen molar-refractivity contribution in [2.24, 2.45) is 0 Å². The van der Waals surface area contributed by atoms with Gasteiger partial charge in [-0.3, -0.25) is 9.59 Å². The van der Waals surface area contributed by atoms with Crippen LogP contribution >= 0.6 is 0 Å². The number of methoxy groups -OCH3 is 2.